The Bertz CT molecular complexity index is 2000. The summed E-state index contributed by atoms with van der Waals surface area (Å²) in [5.41, 5.74) is 1.17. The van der Waals surface area contributed by atoms with Gasteiger partial charge in [0.1, 0.15) is 18.1 Å². The first-order valence-corrected chi connectivity index (χ1v) is 15.2. The molecule has 0 aliphatic carbocycles. The topological polar surface area (TPSA) is 54.0 Å². The summed E-state index contributed by atoms with van der Waals surface area (Å²) in [4.78, 5) is 13.5. The van der Waals surface area contributed by atoms with Crippen molar-refractivity contribution in [1.29, 1.82) is 0 Å². The van der Waals surface area contributed by atoms with Gasteiger partial charge in [-0.25, -0.2) is 4.79 Å². The van der Waals surface area contributed by atoms with Crippen molar-refractivity contribution in [2.24, 2.45) is 0 Å². The van der Waals surface area contributed by atoms with Crippen LogP contribution in [-0.2, 0) is 6.61 Å². The molecular weight excluding hydrogens is 654 g/mol. The van der Waals surface area contributed by atoms with Gasteiger partial charge < -0.3 is 18.9 Å². The van der Waals surface area contributed by atoms with Crippen LogP contribution in [0.2, 0.25) is 20.1 Å². The third-order valence-electron chi connectivity index (χ3n) is 6.69. The number of hydrogen-bond acceptors (Lipinski definition) is 5. The molecule has 0 atom stereocenters. The van der Waals surface area contributed by atoms with Crippen LogP contribution in [0, 0.1) is 0 Å². The van der Waals surface area contributed by atoms with Gasteiger partial charge in [0.15, 0.2) is 11.5 Å². The molecule has 45 heavy (non-hydrogen) atoms. The van der Waals surface area contributed by atoms with Gasteiger partial charge in [-0.05, 0) is 72.3 Å². The molecule has 0 amide bonds. The van der Waals surface area contributed by atoms with Crippen LogP contribution in [0.25, 0.3) is 10.8 Å². The largest absolute Gasteiger partial charge is 0.484 e. The van der Waals surface area contributed by atoms with E-state index < -0.39 is 5.97 Å². The van der Waals surface area contributed by atoms with E-state index in [0.717, 1.165) is 5.56 Å². The molecule has 0 N–H and O–H groups in total. The van der Waals surface area contributed by atoms with Crippen molar-refractivity contribution in [2.75, 3.05) is 0 Å². The normalized spacial score (nSPS) is 10.8. The average Bonchev–Trinajstić information content (AvgIpc) is 3.05. The Balaban J connectivity index is 1.62. The predicted octanol–water partition coefficient (Wildman–Crippen LogP) is 11.8. The second-order valence-electron chi connectivity index (χ2n) is 9.74. The van der Waals surface area contributed by atoms with E-state index in [4.69, 9.17) is 65.4 Å². The van der Waals surface area contributed by atoms with Crippen LogP contribution in [-0.4, -0.2) is 5.97 Å². The molecule has 0 bridgehead atoms. The highest BCUT2D eigenvalue weighted by Crippen LogP contribution is 2.55. The molecule has 0 heterocycles. The summed E-state index contributed by atoms with van der Waals surface area (Å²) in [5, 5.41) is 2.64. The van der Waals surface area contributed by atoms with Crippen molar-refractivity contribution in [3.63, 3.8) is 0 Å². The Kier molecular flexibility index (Phi) is 9.34. The second kappa shape index (κ2) is 13.7. The van der Waals surface area contributed by atoms with Gasteiger partial charge in [0.25, 0.3) is 0 Å². The smallest absolute Gasteiger partial charge is 0.343 e. The Morgan fingerprint density at radius 1 is 0.533 bits per heavy atom. The number of rotatable bonds is 9. The Morgan fingerprint density at radius 2 is 1.09 bits per heavy atom. The number of ether oxygens (including phenoxy) is 4. The van der Waals surface area contributed by atoms with E-state index in [9.17, 15) is 4.79 Å². The first-order valence-electron chi connectivity index (χ1n) is 13.7. The van der Waals surface area contributed by atoms with Crippen LogP contribution in [0.1, 0.15) is 15.9 Å². The van der Waals surface area contributed by atoms with Gasteiger partial charge in [0.05, 0.1) is 15.6 Å². The zero-order valence-corrected chi connectivity index (χ0v) is 26.3. The molecule has 5 nitrogen and oxygen atoms in total. The number of carbonyl (C=O) groups excluding carboxylic acids is 1. The molecule has 0 spiro atoms. The number of hydrogen-bond donors (Lipinski definition) is 0. The van der Waals surface area contributed by atoms with E-state index in [0.29, 0.717) is 42.2 Å². The highest BCUT2D eigenvalue weighted by molar-refractivity contribution is 6.33. The molecule has 0 aliphatic rings. The number of para-hydroxylation sites is 2. The standard InChI is InChI=1S/C36H22Cl4O5/c37-24-16-14-22(15-17-24)21-42-32-27-20-25(38)18-19-26(27)33(45-36(41)23-8-2-1-3-9-23)35(44-31-13-7-5-11-29(31)40)34(32)43-30-12-6-4-10-28(30)39/h1-20H,21H2. The number of esters is 1. The highest BCUT2D eigenvalue weighted by Gasteiger charge is 2.29. The lowest BCUT2D eigenvalue weighted by molar-refractivity contribution is 0.0732. The molecule has 0 saturated heterocycles. The Hall–Kier alpha value is -4.39. The van der Waals surface area contributed by atoms with Gasteiger partial charge >= 0.3 is 5.97 Å². The zero-order valence-electron chi connectivity index (χ0n) is 23.3. The van der Waals surface area contributed by atoms with Crippen molar-refractivity contribution in [3.05, 3.63) is 153 Å². The summed E-state index contributed by atoms with van der Waals surface area (Å²) in [7, 11) is 0. The fourth-order valence-electron chi connectivity index (χ4n) is 4.52. The lowest BCUT2D eigenvalue weighted by Crippen LogP contribution is -2.10. The van der Waals surface area contributed by atoms with E-state index in [1.165, 1.54) is 0 Å². The van der Waals surface area contributed by atoms with Gasteiger partial charge in [-0.2, -0.15) is 0 Å². The molecular formula is C36H22Cl4O5. The maximum Gasteiger partial charge on any atom is 0.343 e. The maximum absolute atomic E-state index is 13.5. The molecule has 0 saturated carbocycles. The molecule has 6 aromatic rings. The van der Waals surface area contributed by atoms with Crippen LogP contribution in [0.5, 0.6) is 34.5 Å². The Morgan fingerprint density at radius 3 is 1.71 bits per heavy atom. The van der Waals surface area contributed by atoms with Crippen LogP contribution >= 0.6 is 46.4 Å². The summed E-state index contributed by atoms with van der Waals surface area (Å²) >= 11 is 25.7. The quantitative estimate of drug-likeness (QED) is 0.113. The van der Waals surface area contributed by atoms with Gasteiger partial charge in [-0.15, -0.1) is 0 Å². The number of carbonyl (C=O) groups is 1. The fourth-order valence-corrected chi connectivity index (χ4v) is 5.17. The Labute approximate surface area is 279 Å². The third kappa shape index (κ3) is 6.98. The van der Waals surface area contributed by atoms with E-state index >= 15 is 0 Å². The van der Waals surface area contributed by atoms with Crippen molar-refractivity contribution in [1.82, 2.24) is 0 Å². The van der Waals surface area contributed by atoms with Gasteiger partial charge in [-0.1, -0.05) is 101 Å². The van der Waals surface area contributed by atoms with Crippen LogP contribution in [0.3, 0.4) is 0 Å². The highest BCUT2D eigenvalue weighted by atomic mass is 35.5. The summed E-state index contributed by atoms with van der Waals surface area (Å²) in [6.45, 7) is 0.131. The molecule has 9 heteroatoms. The lowest BCUT2D eigenvalue weighted by Gasteiger charge is -2.23. The van der Waals surface area contributed by atoms with Crippen LogP contribution < -0.4 is 18.9 Å². The minimum atomic E-state index is -0.616. The van der Waals surface area contributed by atoms with Crippen LogP contribution in [0.4, 0.5) is 0 Å². The van der Waals surface area contributed by atoms with E-state index in [1.807, 2.05) is 18.2 Å². The van der Waals surface area contributed by atoms with Crippen molar-refractivity contribution in [2.45, 2.75) is 6.61 Å². The van der Waals surface area contributed by atoms with E-state index in [1.54, 1.807) is 103 Å². The molecule has 6 rings (SSSR count). The summed E-state index contributed by atoms with van der Waals surface area (Å²) in [6, 6.07) is 34.8. The van der Waals surface area contributed by atoms with Crippen molar-refractivity contribution < 1.29 is 23.7 Å². The van der Waals surface area contributed by atoms with Crippen LogP contribution in [0.15, 0.2) is 121 Å². The molecule has 0 radical (unpaired) electrons. The minimum absolute atomic E-state index is 0.0354. The fraction of sp³-hybridized carbons (Fsp3) is 0.0278. The molecule has 0 unspecified atom stereocenters. The van der Waals surface area contributed by atoms with Gasteiger partial charge in [-0.3, -0.25) is 0 Å². The first kappa shape index (κ1) is 30.6. The molecule has 6 aromatic carbocycles. The molecule has 0 fully saturated rings. The van der Waals surface area contributed by atoms with Gasteiger partial charge in [0.2, 0.25) is 11.5 Å². The number of benzene rings is 6. The third-order valence-corrected chi connectivity index (χ3v) is 7.80. The first-order chi connectivity index (χ1) is 21.9. The maximum atomic E-state index is 13.5. The number of fused-ring (bicyclic) bond motifs is 1. The monoisotopic (exact) mass is 674 g/mol. The molecule has 0 aliphatic heterocycles. The molecule has 224 valence electrons. The SMILES string of the molecule is O=C(Oc1c(Oc2ccccc2Cl)c(Oc2ccccc2Cl)c(OCc2ccc(Cl)cc2)c2cc(Cl)ccc12)c1ccccc1. The minimum Gasteiger partial charge on any atom is -0.484 e. The summed E-state index contributed by atoms with van der Waals surface area (Å²) in [5.74, 6) is 0.434. The summed E-state index contributed by atoms with van der Waals surface area (Å²) < 4.78 is 25.5. The lowest BCUT2D eigenvalue weighted by atomic mass is 10.1. The van der Waals surface area contributed by atoms with Crippen molar-refractivity contribution in [3.8, 4) is 34.5 Å². The molecule has 0 aromatic heterocycles. The number of halogens is 4. The average molecular weight is 676 g/mol. The zero-order chi connectivity index (χ0) is 31.3. The predicted molar refractivity (Wildman–Crippen MR) is 179 cm³/mol. The van der Waals surface area contributed by atoms with Gasteiger partial charge in [0, 0.05) is 20.8 Å². The van der Waals surface area contributed by atoms with E-state index in [2.05, 4.69) is 0 Å². The second-order valence-corrected chi connectivity index (χ2v) is 11.4. The summed E-state index contributed by atoms with van der Waals surface area (Å²) in [6.07, 6.45) is 0. The van der Waals surface area contributed by atoms with Crippen molar-refractivity contribution >= 4 is 63.1 Å². The van der Waals surface area contributed by atoms with E-state index in [-0.39, 0.29) is 35.4 Å².